The van der Waals surface area contributed by atoms with Crippen LogP contribution in [-0.4, -0.2) is 0 Å². The first kappa shape index (κ1) is 20.0. The van der Waals surface area contributed by atoms with E-state index in [0.29, 0.717) is 33.4 Å². The van der Waals surface area contributed by atoms with Crippen LogP contribution in [0.2, 0.25) is 0 Å². The van der Waals surface area contributed by atoms with Crippen molar-refractivity contribution in [2.45, 2.75) is 0 Å². The molecule has 1 heterocycles. The summed E-state index contributed by atoms with van der Waals surface area (Å²) in [4.78, 5) is 0. The fourth-order valence-electron chi connectivity index (χ4n) is 7.93. The van der Waals surface area contributed by atoms with Gasteiger partial charge in [-0.15, -0.1) is 0 Å². The van der Waals surface area contributed by atoms with Crippen molar-refractivity contribution in [3.05, 3.63) is 170 Å². The van der Waals surface area contributed by atoms with Gasteiger partial charge < -0.3 is 4.42 Å². The number of hydrogen-bond donors (Lipinski definition) is 0. The Bertz CT molecular complexity index is 3540. The number of furan rings is 1. The predicted octanol–water partition coefficient (Wildman–Crippen LogP) is 13.8. The van der Waals surface area contributed by atoms with Crippen molar-refractivity contribution in [3.63, 3.8) is 0 Å². The Labute approximate surface area is 293 Å². The molecule has 1 aromatic heterocycles. The van der Waals surface area contributed by atoms with Crippen molar-refractivity contribution in [2.75, 3.05) is 0 Å². The lowest BCUT2D eigenvalue weighted by Crippen LogP contribution is -1.92. The molecule has 226 valence electrons. The SMILES string of the molecule is [2H]c1c([2H])c([2H])c2c(-c3cc4ccc5ccccc5c4c4ccccc34)c3c([2H])c([2H])c([2H])c([2H])c3c(-c3ccc4oc5c6ccccc6ccc5c4c3)c2c1[2H]. The highest BCUT2D eigenvalue weighted by Gasteiger charge is 2.20. The largest absolute Gasteiger partial charge is 0.455 e. The van der Waals surface area contributed by atoms with Gasteiger partial charge in [-0.3, -0.25) is 0 Å². The number of hydrogen-bond acceptors (Lipinski definition) is 1. The third-order valence-corrected chi connectivity index (χ3v) is 10.0. The van der Waals surface area contributed by atoms with Gasteiger partial charge in [0.1, 0.15) is 11.2 Å². The standard InChI is InChI=1S/C48H28O/c1-3-13-33-29(11-1)21-22-31-28-43(35-15-5-6-16-36(35)45(31)33)47-39-19-9-7-17-37(39)46(38-18-8-10-20-40(38)47)32-24-26-44-42(27-32)41-25-23-30-12-2-4-14-34(30)48(41)49-44/h1-28H/i7D,8D,9D,10D,17D,18D,19D,20D. The molecule has 0 atom stereocenters. The summed E-state index contributed by atoms with van der Waals surface area (Å²) in [6.45, 7) is 0. The van der Waals surface area contributed by atoms with Crippen LogP contribution in [0.25, 0.3) is 109 Å². The fraction of sp³-hybridized carbons (Fsp3) is 0. The molecular weight excluding hydrogens is 593 g/mol. The molecule has 1 heteroatoms. The van der Waals surface area contributed by atoms with Gasteiger partial charge in [-0.1, -0.05) is 145 Å². The molecule has 49 heavy (non-hydrogen) atoms. The second-order valence-electron chi connectivity index (χ2n) is 12.6. The van der Waals surface area contributed by atoms with E-state index in [0.717, 1.165) is 53.9 Å². The van der Waals surface area contributed by atoms with Crippen molar-refractivity contribution in [1.82, 2.24) is 0 Å². The van der Waals surface area contributed by atoms with Gasteiger partial charge in [0.2, 0.25) is 0 Å². The Morgan fingerprint density at radius 2 is 0.959 bits per heavy atom. The maximum Gasteiger partial charge on any atom is 0.143 e. The summed E-state index contributed by atoms with van der Waals surface area (Å²) in [6.07, 6.45) is 0. The molecule has 0 radical (unpaired) electrons. The predicted molar refractivity (Wildman–Crippen MR) is 210 cm³/mol. The van der Waals surface area contributed by atoms with E-state index < -0.39 is 24.2 Å². The molecule has 0 fully saturated rings. The van der Waals surface area contributed by atoms with Gasteiger partial charge in [0, 0.05) is 16.2 Å². The molecule has 0 N–H and O–H groups in total. The Hall–Kier alpha value is -6.44. The van der Waals surface area contributed by atoms with Crippen LogP contribution in [0.5, 0.6) is 0 Å². The lowest BCUT2D eigenvalue weighted by molar-refractivity contribution is 0.672. The van der Waals surface area contributed by atoms with E-state index in [9.17, 15) is 5.48 Å². The van der Waals surface area contributed by atoms with Crippen molar-refractivity contribution < 1.29 is 15.4 Å². The van der Waals surface area contributed by atoms with Crippen LogP contribution < -0.4 is 0 Å². The summed E-state index contributed by atoms with van der Waals surface area (Å²) in [5.41, 5.74) is 3.10. The summed E-state index contributed by atoms with van der Waals surface area (Å²) in [6, 6.07) is 36.7. The molecule has 0 unspecified atom stereocenters. The van der Waals surface area contributed by atoms with Crippen LogP contribution in [0, 0.1) is 0 Å². The molecule has 0 bridgehead atoms. The zero-order valence-electron chi connectivity index (χ0n) is 34.0. The molecular formula is C48H28O. The van der Waals surface area contributed by atoms with Gasteiger partial charge in [0.15, 0.2) is 0 Å². The van der Waals surface area contributed by atoms with Crippen molar-refractivity contribution in [3.8, 4) is 22.3 Å². The van der Waals surface area contributed by atoms with Crippen LogP contribution in [0.4, 0.5) is 0 Å². The lowest BCUT2D eigenvalue weighted by Gasteiger charge is -2.20. The van der Waals surface area contributed by atoms with E-state index in [1.807, 2.05) is 103 Å². The zero-order chi connectivity index (χ0) is 39.0. The summed E-state index contributed by atoms with van der Waals surface area (Å²) in [5.74, 6) is 0. The van der Waals surface area contributed by atoms with Gasteiger partial charge in [0.05, 0.1) is 11.0 Å². The van der Waals surface area contributed by atoms with Crippen molar-refractivity contribution >= 4 is 86.6 Å². The second kappa shape index (κ2) is 10.0. The minimum Gasteiger partial charge on any atom is -0.455 e. The van der Waals surface area contributed by atoms with Crippen molar-refractivity contribution in [2.24, 2.45) is 0 Å². The van der Waals surface area contributed by atoms with Gasteiger partial charge in [0.25, 0.3) is 0 Å². The van der Waals surface area contributed by atoms with E-state index in [2.05, 4.69) is 12.1 Å². The van der Waals surface area contributed by atoms with E-state index >= 15 is 0 Å². The molecule has 0 saturated carbocycles. The van der Waals surface area contributed by atoms with Crippen LogP contribution in [0.15, 0.2) is 174 Å². The van der Waals surface area contributed by atoms with E-state index in [1.54, 1.807) is 6.07 Å². The molecule has 0 aliphatic carbocycles. The Morgan fingerprint density at radius 3 is 1.69 bits per heavy atom. The van der Waals surface area contributed by atoms with Crippen LogP contribution in [0.1, 0.15) is 11.0 Å². The number of rotatable bonds is 2. The smallest absolute Gasteiger partial charge is 0.143 e. The fourth-order valence-corrected chi connectivity index (χ4v) is 7.93. The molecule has 1 nitrogen and oxygen atoms in total. The van der Waals surface area contributed by atoms with E-state index in [-0.39, 0.29) is 45.7 Å². The number of benzene rings is 10. The number of fused-ring (bicyclic) bond motifs is 12. The first-order chi connectivity index (χ1) is 27.6. The summed E-state index contributed by atoms with van der Waals surface area (Å²) in [7, 11) is 0. The van der Waals surface area contributed by atoms with Gasteiger partial charge >= 0.3 is 0 Å². The van der Waals surface area contributed by atoms with Crippen molar-refractivity contribution in [1.29, 1.82) is 0 Å². The minimum atomic E-state index is -0.434. The Balaban J connectivity index is 1.37. The highest BCUT2D eigenvalue weighted by molar-refractivity contribution is 6.29. The lowest BCUT2D eigenvalue weighted by atomic mass is 9.83. The Morgan fingerprint density at radius 1 is 0.388 bits per heavy atom. The molecule has 11 aromatic rings. The average Bonchev–Trinajstić information content (AvgIpc) is 3.63. The maximum absolute atomic E-state index is 9.54. The van der Waals surface area contributed by atoms with E-state index in [1.165, 1.54) is 0 Å². The molecule has 0 aliphatic heterocycles. The highest BCUT2D eigenvalue weighted by Crippen LogP contribution is 2.48. The molecule has 0 spiro atoms. The van der Waals surface area contributed by atoms with Crippen LogP contribution >= 0.6 is 0 Å². The zero-order valence-corrected chi connectivity index (χ0v) is 26.0. The minimum absolute atomic E-state index is 0.175. The monoisotopic (exact) mass is 628 g/mol. The molecule has 0 saturated heterocycles. The van der Waals surface area contributed by atoms with Crippen LogP contribution in [0.3, 0.4) is 0 Å². The maximum atomic E-state index is 9.54. The topological polar surface area (TPSA) is 13.1 Å². The normalized spacial score (nSPS) is 14.4. The first-order valence-corrected chi connectivity index (χ1v) is 16.3. The van der Waals surface area contributed by atoms with Gasteiger partial charge in [-0.05, 0) is 106 Å². The average molecular weight is 629 g/mol. The third-order valence-electron chi connectivity index (χ3n) is 10.0. The highest BCUT2D eigenvalue weighted by atomic mass is 16.3. The van der Waals surface area contributed by atoms with Crippen LogP contribution in [-0.2, 0) is 0 Å². The Kier molecular flexibility index (Phi) is 4.10. The molecule has 10 aromatic carbocycles. The summed E-state index contributed by atoms with van der Waals surface area (Å²) >= 11 is 0. The second-order valence-corrected chi connectivity index (χ2v) is 12.6. The van der Waals surface area contributed by atoms with Gasteiger partial charge in [-0.2, -0.15) is 0 Å². The van der Waals surface area contributed by atoms with E-state index in [4.69, 9.17) is 9.90 Å². The first-order valence-electron chi connectivity index (χ1n) is 20.3. The summed E-state index contributed by atoms with van der Waals surface area (Å²) < 4.78 is 80.3. The molecule has 0 aliphatic rings. The third kappa shape index (κ3) is 3.76. The van der Waals surface area contributed by atoms with Gasteiger partial charge in [-0.25, -0.2) is 0 Å². The summed E-state index contributed by atoms with van der Waals surface area (Å²) in [5, 5.41) is 10.1. The quantitative estimate of drug-likeness (QED) is 0.137. The molecule has 0 amide bonds. The molecule has 11 rings (SSSR count).